The molecule has 2 rings (SSSR count). The second-order valence-corrected chi connectivity index (χ2v) is 4.69. The zero-order valence-corrected chi connectivity index (χ0v) is 10.2. The van der Waals surface area contributed by atoms with Crippen molar-refractivity contribution in [3.8, 4) is 0 Å². The first-order valence-corrected chi connectivity index (χ1v) is 6.34. The Morgan fingerprint density at radius 1 is 1.44 bits per heavy atom. The minimum absolute atomic E-state index is 0.576. The molecule has 16 heavy (non-hydrogen) atoms. The monoisotopic (exact) mass is 219 g/mol. The summed E-state index contributed by atoms with van der Waals surface area (Å²) in [5.74, 6) is 3.42. The van der Waals surface area contributed by atoms with Gasteiger partial charge in [0, 0.05) is 19.2 Å². The van der Waals surface area contributed by atoms with Crippen LogP contribution in [0.25, 0.3) is 0 Å². The fourth-order valence-corrected chi connectivity index (χ4v) is 2.61. The second kappa shape index (κ2) is 5.28. The Morgan fingerprint density at radius 3 is 3.06 bits per heavy atom. The molecule has 1 N–H and O–H groups in total. The van der Waals surface area contributed by atoms with Crippen LogP contribution in [-0.4, -0.2) is 17.0 Å². The number of nitrogens with zero attached hydrogens (tertiary/aromatic N) is 2. The minimum atomic E-state index is 0.576. The van der Waals surface area contributed by atoms with E-state index in [1.807, 2.05) is 19.3 Å². The van der Waals surface area contributed by atoms with E-state index >= 15 is 0 Å². The molecule has 0 radical (unpaired) electrons. The quantitative estimate of drug-likeness (QED) is 0.848. The predicted octanol–water partition coefficient (Wildman–Crippen LogP) is 3.20. The number of hydrogen-bond donors (Lipinski definition) is 1. The summed E-state index contributed by atoms with van der Waals surface area (Å²) in [6, 6.07) is 1.92. The zero-order valence-electron chi connectivity index (χ0n) is 10.2. The Hall–Kier alpha value is -1.12. The molecule has 3 heteroatoms. The number of anilines is 1. The van der Waals surface area contributed by atoms with Crippen LogP contribution in [0, 0.1) is 5.92 Å². The molecule has 1 aromatic heterocycles. The van der Waals surface area contributed by atoms with E-state index in [-0.39, 0.29) is 0 Å². The van der Waals surface area contributed by atoms with Gasteiger partial charge in [-0.05, 0) is 24.8 Å². The van der Waals surface area contributed by atoms with E-state index < -0.39 is 0 Å². The Kier molecular flexibility index (Phi) is 3.75. The van der Waals surface area contributed by atoms with Crippen molar-refractivity contribution in [2.45, 2.75) is 44.9 Å². The molecular formula is C13H21N3. The van der Waals surface area contributed by atoms with Crippen molar-refractivity contribution >= 4 is 5.82 Å². The third kappa shape index (κ3) is 2.52. The van der Waals surface area contributed by atoms with E-state index in [0.29, 0.717) is 5.92 Å². The smallest absolute Gasteiger partial charge is 0.133 e. The number of hydrogen-bond acceptors (Lipinski definition) is 3. The highest BCUT2D eigenvalue weighted by Gasteiger charge is 2.23. The zero-order chi connectivity index (χ0) is 11.4. The molecule has 1 saturated carbocycles. The first kappa shape index (κ1) is 11.4. The molecule has 1 aliphatic rings. The number of nitrogens with one attached hydrogen (secondary N) is 1. The molecule has 0 aromatic carbocycles. The van der Waals surface area contributed by atoms with Gasteiger partial charge in [0.2, 0.25) is 0 Å². The Balaban J connectivity index is 2.10. The summed E-state index contributed by atoms with van der Waals surface area (Å²) in [6.45, 7) is 2.29. The van der Waals surface area contributed by atoms with Crippen LogP contribution in [0.1, 0.15) is 50.8 Å². The van der Waals surface area contributed by atoms with E-state index in [0.717, 1.165) is 17.6 Å². The van der Waals surface area contributed by atoms with Crippen LogP contribution < -0.4 is 5.32 Å². The number of rotatable bonds is 3. The molecule has 1 fully saturated rings. The minimum Gasteiger partial charge on any atom is -0.373 e. The summed E-state index contributed by atoms with van der Waals surface area (Å²) in [6.07, 6.45) is 8.40. The summed E-state index contributed by atoms with van der Waals surface area (Å²) in [5, 5.41) is 3.08. The first-order chi connectivity index (χ1) is 7.83. The summed E-state index contributed by atoms with van der Waals surface area (Å²) in [7, 11) is 1.90. The van der Waals surface area contributed by atoms with Crippen molar-refractivity contribution < 1.29 is 0 Å². The average Bonchev–Trinajstić information content (AvgIpc) is 2.39. The third-order valence-corrected chi connectivity index (χ3v) is 3.66. The van der Waals surface area contributed by atoms with Gasteiger partial charge < -0.3 is 5.32 Å². The molecule has 88 valence electrons. The topological polar surface area (TPSA) is 37.8 Å². The Bertz CT molecular complexity index is 338. The molecule has 0 bridgehead atoms. The van der Waals surface area contributed by atoms with E-state index in [1.165, 1.54) is 32.1 Å². The van der Waals surface area contributed by atoms with E-state index in [4.69, 9.17) is 0 Å². The van der Waals surface area contributed by atoms with Gasteiger partial charge in [0.05, 0.1) is 0 Å². The largest absolute Gasteiger partial charge is 0.373 e. The molecule has 0 aliphatic heterocycles. The summed E-state index contributed by atoms with van der Waals surface area (Å²) in [4.78, 5) is 8.99. The van der Waals surface area contributed by atoms with Gasteiger partial charge in [-0.3, -0.25) is 0 Å². The molecule has 3 nitrogen and oxygen atoms in total. The van der Waals surface area contributed by atoms with Gasteiger partial charge >= 0.3 is 0 Å². The van der Waals surface area contributed by atoms with Crippen LogP contribution in [0.3, 0.4) is 0 Å². The van der Waals surface area contributed by atoms with Crippen LogP contribution >= 0.6 is 0 Å². The van der Waals surface area contributed by atoms with Gasteiger partial charge in [-0.2, -0.15) is 0 Å². The highest BCUT2D eigenvalue weighted by molar-refractivity contribution is 5.32. The lowest BCUT2D eigenvalue weighted by Crippen LogP contribution is -2.16. The van der Waals surface area contributed by atoms with Crippen molar-refractivity contribution in [2.24, 2.45) is 5.92 Å². The maximum Gasteiger partial charge on any atom is 0.133 e. The molecular weight excluding hydrogens is 198 g/mol. The van der Waals surface area contributed by atoms with Crippen molar-refractivity contribution in [3.05, 3.63) is 18.1 Å². The summed E-state index contributed by atoms with van der Waals surface area (Å²) < 4.78 is 0. The van der Waals surface area contributed by atoms with Crippen molar-refractivity contribution in [1.29, 1.82) is 0 Å². The van der Waals surface area contributed by atoms with Gasteiger partial charge in [0.1, 0.15) is 11.6 Å². The van der Waals surface area contributed by atoms with Gasteiger partial charge in [0.25, 0.3) is 0 Å². The molecule has 0 saturated heterocycles. The molecule has 0 amide bonds. The fraction of sp³-hybridized carbons (Fsp3) is 0.692. The Morgan fingerprint density at radius 2 is 2.31 bits per heavy atom. The SMILES string of the molecule is CCC1CCCC(c2nccc(NC)n2)C1. The van der Waals surface area contributed by atoms with Crippen molar-refractivity contribution in [2.75, 3.05) is 12.4 Å². The average molecular weight is 219 g/mol. The predicted molar refractivity (Wildman–Crippen MR) is 66.6 cm³/mol. The molecule has 1 heterocycles. The summed E-state index contributed by atoms with van der Waals surface area (Å²) in [5.41, 5.74) is 0. The van der Waals surface area contributed by atoms with Crippen LogP contribution in [0.15, 0.2) is 12.3 Å². The van der Waals surface area contributed by atoms with Gasteiger partial charge in [-0.25, -0.2) is 9.97 Å². The van der Waals surface area contributed by atoms with Crippen molar-refractivity contribution in [3.63, 3.8) is 0 Å². The number of aromatic nitrogens is 2. The highest BCUT2D eigenvalue weighted by atomic mass is 15.0. The first-order valence-electron chi connectivity index (χ1n) is 6.34. The van der Waals surface area contributed by atoms with Crippen molar-refractivity contribution in [1.82, 2.24) is 9.97 Å². The van der Waals surface area contributed by atoms with Crippen LogP contribution in [0.4, 0.5) is 5.82 Å². The fourth-order valence-electron chi connectivity index (χ4n) is 2.61. The van der Waals surface area contributed by atoms with Gasteiger partial charge in [-0.1, -0.05) is 26.2 Å². The lowest BCUT2D eigenvalue weighted by Gasteiger charge is -2.27. The molecule has 0 spiro atoms. The van der Waals surface area contributed by atoms with Crippen LogP contribution in [0.5, 0.6) is 0 Å². The molecule has 1 aliphatic carbocycles. The van der Waals surface area contributed by atoms with E-state index in [1.54, 1.807) is 0 Å². The standard InChI is InChI=1S/C13H21N3/c1-3-10-5-4-6-11(9-10)13-15-8-7-12(14-2)16-13/h7-8,10-11H,3-6,9H2,1-2H3,(H,14,15,16). The lowest BCUT2D eigenvalue weighted by atomic mass is 9.80. The lowest BCUT2D eigenvalue weighted by molar-refractivity contribution is 0.307. The normalized spacial score (nSPS) is 25.4. The van der Waals surface area contributed by atoms with E-state index in [2.05, 4.69) is 22.2 Å². The highest BCUT2D eigenvalue weighted by Crippen LogP contribution is 2.36. The maximum atomic E-state index is 4.56. The molecule has 2 atom stereocenters. The van der Waals surface area contributed by atoms with Gasteiger partial charge in [0.15, 0.2) is 0 Å². The summed E-state index contributed by atoms with van der Waals surface area (Å²) >= 11 is 0. The Labute approximate surface area is 97.7 Å². The van der Waals surface area contributed by atoms with Crippen LogP contribution in [0.2, 0.25) is 0 Å². The second-order valence-electron chi connectivity index (χ2n) is 4.69. The third-order valence-electron chi connectivity index (χ3n) is 3.66. The molecule has 2 unspecified atom stereocenters. The van der Waals surface area contributed by atoms with Crippen LogP contribution in [-0.2, 0) is 0 Å². The van der Waals surface area contributed by atoms with E-state index in [9.17, 15) is 0 Å². The maximum absolute atomic E-state index is 4.56. The van der Waals surface area contributed by atoms with Gasteiger partial charge in [-0.15, -0.1) is 0 Å². The molecule has 1 aromatic rings.